The summed E-state index contributed by atoms with van der Waals surface area (Å²) in [5, 5.41) is 7.54. The zero-order valence-corrected chi connectivity index (χ0v) is 11.1. The molecule has 5 heteroatoms. The van der Waals surface area contributed by atoms with E-state index in [-0.39, 0.29) is 17.7 Å². The molecule has 5 nitrogen and oxygen atoms in total. The quantitative estimate of drug-likeness (QED) is 0.769. The van der Waals surface area contributed by atoms with Crippen LogP contribution in [0.1, 0.15) is 30.8 Å². The highest BCUT2D eigenvalue weighted by Crippen LogP contribution is 2.19. The molecular weight excluding hydrogens is 230 g/mol. The molecular formula is C13H21N3O2. The van der Waals surface area contributed by atoms with E-state index in [1.807, 2.05) is 6.92 Å². The summed E-state index contributed by atoms with van der Waals surface area (Å²) < 4.78 is 7.19. The van der Waals surface area contributed by atoms with Crippen LogP contribution in [-0.4, -0.2) is 41.4 Å². The molecule has 1 fully saturated rings. The number of hydrogen-bond acceptors (Lipinski definition) is 4. The van der Waals surface area contributed by atoms with Gasteiger partial charge < -0.3 is 10.1 Å². The van der Waals surface area contributed by atoms with Crippen molar-refractivity contribution in [3.8, 4) is 0 Å². The average molecular weight is 251 g/mol. The van der Waals surface area contributed by atoms with Gasteiger partial charge in [0.25, 0.3) is 0 Å². The normalized spacial score (nSPS) is 23.4. The van der Waals surface area contributed by atoms with E-state index in [1.165, 1.54) is 0 Å². The molecule has 2 atom stereocenters. The standard InChI is InChI=1S/C13H21N3O2/c1-3-6-14-11-9-18-8-10(11)13(17)12-5-7-15-16(12)4-2/h5,7,10-11,14H,3-4,6,8-9H2,1-2H3. The van der Waals surface area contributed by atoms with Crippen LogP contribution in [0.4, 0.5) is 0 Å². The molecule has 1 aliphatic heterocycles. The molecule has 2 unspecified atom stereocenters. The number of aromatic nitrogens is 2. The molecule has 0 aliphatic carbocycles. The number of carbonyl (C=O) groups is 1. The number of nitrogens with one attached hydrogen (secondary N) is 1. The van der Waals surface area contributed by atoms with E-state index in [4.69, 9.17) is 4.74 Å². The van der Waals surface area contributed by atoms with Crippen molar-refractivity contribution >= 4 is 5.78 Å². The fourth-order valence-corrected chi connectivity index (χ4v) is 2.33. The van der Waals surface area contributed by atoms with Gasteiger partial charge in [0.1, 0.15) is 5.69 Å². The Morgan fingerprint density at radius 1 is 1.56 bits per heavy atom. The van der Waals surface area contributed by atoms with Crippen LogP contribution < -0.4 is 5.32 Å². The highest BCUT2D eigenvalue weighted by atomic mass is 16.5. The molecule has 2 heterocycles. The summed E-state index contributed by atoms with van der Waals surface area (Å²) in [4.78, 5) is 12.5. The van der Waals surface area contributed by atoms with Crippen molar-refractivity contribution in [1.82, 2.24) is 15.1 Å². The lowest BCUT2D eigenvalue weighted by Crippen LogP contribution is -2.40. The average Bonchev–Trinajstić information content (AvgIpc) is 3.03. The molecule has 1 aliphatic rings. The molecule has 0 spiro atoms. The Morgan fingerprint density at radius 2 is 2.39 bits per heavy atom. The molecule has 1 aromatic rings. The Hall–Kier alpha value is -1.20. The van der Waals surface area contributed by atoms with Crippen molar-refractivity contribution in [3.63, 3.8) is 0 Å². The minimum absolute atomic E-state index is 0.0847. The maximum absolute atomic E-state index is 12.5. The van der Waals surface area contributed by atoms with Gasteiger partial charge in [-0.05, 0) is 26.0 Å². The summed E-state index contributed by atoms with van der Waals surface area (Å²) in [6.07, 6.45) is 2.74. The minimum atomic E-state index is -0.0847. The van der Waals surface area contributed by atoms with Crippen molar-refractivity contribution in [3.05, 3.63) is 18.0 Å². The predicted molar refractivity (Wildman–Crippen MR) is 68.6 cm³/mol. The van der Waals surface area contributed by atoms with E-state index in [0.717, 1.165) is 13.0 Å². The molecule has 0 bridgehead atoms. The second kappa shape index (κ2) is 6.11. The molecule has 1 saturated heterocycles. The summed E-state index contributed by atoms with van der Waals surface area (Å²) >= 11 is 0. The van der Waals surface area contributed by atoms with Gasteiger partial charge >= 0.3 is 0 Å². The van der Waals surface area contributed by atoms with Gasteiger partial charge in [-0.2, -0.15) is 5.10 Å². The fraction of sp³-hybridized carbons (Fsp3) is 0.692. The number of nitrogens with zero attached hydrogens (tertiary/aromatic N) is 2. The van der Waals surface area contributed by atoms with Gasteiger partial charge in [0, 0.05) is 18.8 Å². The molecule has 100 valence electrons. The first kappa shape index (κ1) is 13.2. The van der Waals surface area contributed by atoms with Gasteiger partial charge in [0.2, 0.25) is 0 Å². The molecule has 0 amide bonds. The van der Waals surface area contributed by atoms with Gasteiger partial charge in [-0.25, -0.2) is 0 Å². The zero-order chi connectivity index (χ0) is 13.0. The molecule has 0 aromatic carbocycles. The van der Waals surface area contributed by atoms with Crippen molar-refractivity contribution in [2.24, 2.45) is 5.92 Å². The Morgan fingerprint density at radius 3 is 3.11 bits per heavy atom. The van der Waals surface area contributed by atoms with E-state index in [1.54, 1.807) is 16.9 Å². The summed E-state index contributed by atoms with van der Waals surface area (Å²) in [5.74, 6) is 0.0546. The molecule has 1 N–H and O–H groups in total. The van der Waals surface area contributed by atoms with Gasteiger partial charge in [-0.3, -0.25) is 9.48 Å². The molecule has 0 radical (unpaired) electrons. The van der Waals surface area contributed by atoms with E-state index < -0.39 is 0 Å². The van der Waals surface area contributed by atoms with Gasteiger partial charge in [-0.1, -0.05) is 6.92 Å². The Kier molecular flexibility index (Phi) is 4.49. The molecule has 2 rings (SSSR count). The van der Waals surface area contributed by atoms with Crippen LogP contribution in [0.5, 0.6) is 0 Å². The second-order valence-electron chi connectivity index (χ2n) is 4.60. The van der Waals surface area contributed by atoms with E-state index in [2.05, 4.69) is 17.3 Å². The number of Topliss-reactive ketones (excluding diaryl/α,β-unsaturated/α-hetero) is 1. The SMILES string of the molecule is CCCNC1COCC1C(=O)c1ccnn1CC. The zero-order valence-electron chi connectivity index (χ0n) is 11.1. The Labute approximate surface area is 108 Å². The van der Waals surface area contributed by atoms with E-state index in [0.29, 0.717) is 25.5 Å². The van der Waals surface area contributed by atoms with Crippen LogP contribution in [0.2, 0.25) is 0 Å². The lowest BCUT2D eigenvalue weighted by Gasteiger charge is -2.18. The summed E-state index contributed by atoms with van der Waals surface area (Å²) in [6.45, 7) is 6.87. The van der Waals surface area contributed by atoms with Crippen molar-refractivity contribution in [2.75, 3.05) is 19.8 Å². The van der Waals surface area contributed by atoms with Crippen LogP contribution >= 0.6 is 0 Å². The smallest absolute Gasteiger partial charge is 0.187 e. The third-order valence-electron chi connectivity index (χ3n) is 3.34. The molecule has 0 saturated carbocycles. The first-order valence-corrected chi connectivity index (χ1v) is 6.65. The summed E-state index contributed by atoms with van der Waals surface area (Å²) in [6, 6.07) is 1.93. The summed E-state index contributed by atoms with van der Waals surface area (Å²) in [7, 11) is 0. The van der Waals surface area contributed by atoms with Crippen LogP contribution in [0.15, 0.2) is 12.3 Å². The van der Waals surface area contributed by atoms with Crippen LogP contribution in [0.25, 0.3) is 0 Å². The van der Waals surface area contributed by atoms with Crippen LogP contribution in [0.3, 0.4) is 0 Å². The fourth-order valence-electron chi connectivity index (χ4n) is 2.33. The lowest BCUT2D eigenvalue weighted by molar-refractivity contribution is 0.0880. The van der Waals surface area contributed by atoms with Crippen LogP contribution in [-0.2, 0) is 11.3 Å². The maximum Gasteiger partial charge on any atom is 0.187 e. The second-order valence-corrected chi connectivity index (χ2v) is 4.60. The topological polar surface area (TPSA) is 56.1 Å². The third kappa shape index (κ3) is 2.62. The first-order chi connectivity index (χ1) is 8.77. The largest absolute Gasteiger partial charge is 0.379 e. The van der Waals surface area contributed by atoms with Crippen molar-refractivity contribution in [2.45, 2.75) is 32.9 Å². The number of rotatable bonds is 6. The number of ketones is 1. The number of hydrogen-bond donors (Lipinski definition) is 1. The van der Waals surface area contributed by atoms with Gasteiger partial charge in [-0.15, -0.1) is 0 Å². The Balaban J connectivity index is 2.08. The number of ether oxygens (including phenoxy) is 1. The highest BCUT2D eigenvalue weighted by molar-refractivity contribution is 5.97. The molecule has 1 aromatic heterocycles. The predicted octanol–water partition coefficient (Wildman–Crippen LogP) is 1.10. The van der Waals surface area contributed by atoms with Gasteiger partial charge in [0.05, 0.1) is 19.1 Å². The monoisotopic (exact) mass is 251 g/mol. The third-order valence-corrected chi connectivity index (χ3v) is 3.34. The van der Waals surface area contributed by atoms with Gasteiger partial charge in [0.15, 0.2) is 5.78 Å². The maximum atomic E-state index is 12.5. The first-order valence-electron chi connectivity index (χ1n) is 6.65. The lowest BCUT2D eigenvalue weighted by atomic mass is 9.96. The van der Waals surface area contributed by atoms with Crippen LogP contribution in [0, 0.1) is 5.92 Å². The molecule has 18 heavy (non-hydrogen) atoms. The van der Waals surface area contributed by atoms with E-state index >= 15 is 0 Å². The number of carbonyl (C=O) groups excluding carboxylic acids is 1. The Bertz CT molecular complexity index is 403. The van der Waals surface area contributed by atoms with E-state index in [9.17, 15) is 4.79 Å². The number of aryl methyl sites for hydroxylation is 1. The van der Waals surface area contributed by atoms with Crippen molar-refractivity contribution in [1.29, 1.82) is 0 Å². The minimum Gasteiger partial charge on any atom is -0.379 e. The van der Waals surface area contributed by atoms with Crippen molar-refractivity contribution < 1.29 is 9.53 Å². The summed E-state index contributed by atoms with van der Waals surface area (Å²) in [5.41, 5.74) is 0.691. The highest BCUT2D eigenvalue weighted by Gasteiger charge is 2.35.